The Morgan fingerprint density at radius 1 is 0.971 bits per heavy atom. The molecule has 2 aromatic carbocycles. The van der Waals surface area contributed by atoms with Crippen molar-refractivity contribution in [1.82, 2.24) is 10.2 Å². The van der Waals surface area contributed by atoms with Crippen molar-refractivity contribution in [2.75, 3.05) is 31.1 Å². The number of hydrogen-bond acceptors (Lipinski definition) is 5. The third-order valence-corrected chi connectivity index (χ3v) is 7.34. The summed E-state index contributed by atoms with van der Waals surface area (Å²) in [5.41, 5.74) is 1.88. The van der Waals surface area contributed by atoms with Crippen LogP contribution in [0.4, 0.5) is 5.69 Å². The summed E-state index contributed by atoms with van der Waals surface area (Å²) in [6.45, 7) is 2.06. The number of nitrogens with one attached hydrogen (secondary N) is 1. The Morgan fingerprint density at radius 2 is 1.74 bits per heavy atom. The number of nitrogens with zero attached hydrogens (tertiary/aromatic N) is 2. The smallest absolute Gasteiger partial charge is 0.265 e. The monoisotopic (exact) mass is 475 g/mol. The van der Waals surface area contributed by atoms with E-state index in [-0.39, 0.29) is 24.4 Å². The fraction of sp³-hybridized carbons (Fsp3) is 0.333. The number of rotatable bonds is 6. The molecule has 2 aliphatic heterocycles. The van der Waals surface area contributed by atoms with Crippen LogP contribution in [-0.4, -0.2) is 49.0 Å². The molecule has 0 spiro atoms. The summed E-state index contributed by atoms with van der Waals surface area (Å²) in [7, 11) is 0. The van der Waals surface area contributed by atoms with Crippen molar-refractivity contribution in [3.63, 3.8) is 0 Å². The van der Waals surface area contributed by atoms with Gasteiger partial charge in [0, 0.05) is 18.0 Å². The third-order valence-electron chi connectivity index (χ3n) is 6.40. The molecule has 0 saturated carbocycles. The van der Waals surface area contributed by atoms with Crippen LogP contribution >= 0.6 is 11.3 Å². The van der Waals surface area contributed by atoms with Gasteiger partial charge in [-0.15, -0.1) is 11.3 Å². The van der Waals surface area contributed by atoms with Gasteiger partial charge in [-0.1, -0.05) is 48.5 Å². The van der Waals surface area contributed by atoms with E-state index in [4.69, 9.17) is 4.74 Å². The lowest BCUT2D eigenvalue weighted by molar-refractivity contribution is -0.139. The molecule has 1 N–H and O–H groups in total. The summed E-state index contributed by atoms with van der Waals surface area (Å²) in [6, 6.07) is 21.5. The van der Waals surface area contributed by atoms with Crippen molar-refractivity contribution in [3.05, 3.63) is 82.6 Å². The highest BCUT2D eigenvalue weighted by atomic mass is 32.1. The zero-order valence-corrected chi connectivity index (χ0v) is 19.9. The molecule has 2 amide bonds. The van der Waals surface area contributed by atoms with E-state index in [1.165, 1.54) is 0 Å². The van der Waals surface area contributed by atoms with Crippen molar-refractivity contribution < 1.29 is 14.3 Å². The molecule has 1 fully saturated rings. The van der Waals surface area contributed by atoms with Crippen LogP contribution in [0.25, 0.3) is 0 Å². The fourth-order valence-electron chi connectivity index (χ4n) is 4.70. The Kier molecular flexibility index (Phi) is 6.81. The number of fused-ring (bicyclic) bond motifs is 1. The van der Waals surface area contributed by atoms with Crippen LogP contribution in [-0.2, 0) is 9.59 Å². The normalized spacial score (nSPS) is 18.5. The molecule has 2 aliphatic rings. The molecule has 1 aromatic heterocycles. The topological polar surface area (TPSA) is 61.9 Å². The number of para-hydroxylation sites is 2. The van der Waals surface area contributed by atoms with Crippen LogP contribution in [0.15, 0.2) is 72.1 Å². The van der Waals surface area contributed by atoms with Gasteiger partial charge < -0.3 is 19.9 Å². The Hall–Kier alpha value is -3.32. The molecule has 2 atom stereocenters. The molecule has 0 aliphatic carbocycles. The highest BCUT2D eigenvalue weighted by Gasteiger charge is 2.34. The molecule has 0 bridgehead atoms. The molecule has 1 saturated heterocycles. The second-order valence-corrected chi connectivity index (χ2v) is 9.75. The second kappa shape index (κ2) is 10.3. The minimum atomic E-state index is -0.608. The van der Waals surface area contributed by atoms with Crippen LogP contribution in [0.5, 0.6) is 5.75 Å². The van der Waals surface area contributed by atoms with Gasteiger partial charge in [-0.25, -0.2) is 0 Å². The molecule has 0 radical (unpaired) electrons. The number of carbonyl (C=O) groups is 2. The average Bonchev–Trinajstić information content (AvgIpc) is 3.42. The largest absolute Gasteiger partial charge is 0.477 e. The highest BCUT2D eigenvalue weighted by molar-refractivity contribution is 7.10. The first-order chi connectivity index (χ1) is 16.7. The Bertz CT molecular complexity index is 1110. The number of ether oxygens (including phenoxy) is 1. The summed E-state index contributed by atoms with van der Waals surface area (Å²) in [5.74, 6) is 0.568. The van der Waals surface area contributed by atoms with E-state index >= 15 is 0 Å². The predicted molar refractivity (Wildman–Crippen MR) is 134 cm³/mol. The highest BCUT2D eigenvalue weighted by Crippen LogP contribution is 2.34. The molecule has 3 heterocycles. The van der Waals surface area contributed by atoms with E-state index < -0.39 is 6.10 Å². The molecular weight excluding hydrogens is 446 g/mol. The molecule has 5 rings (SSSR count). The van der Waals surface area contributed by atoms with Crippen molar-refractivity contribution in [1.29, 1.82) is 0 Å². The summed E-state index contributed by atoms with van der Waals surface area (Å²) in [5, 5.41) is 5.24. The maximum atomic E-state index is 13.3. The van der Waals surface area contributed by atoms with Gasteiger partial charge in [0.05, 0.1) is 24.8 Å². The minimum absolute atomic E-state index is 0.0142. The first-order valence-electron chi connectivity index (χ1n) is 11.9. The summed E-state index contributed by atoms with van der Waals surface area (Å²) >= 11 is 1.62. The average molecular weight is 476 g/mol. The van der Waals surface area contributed by atoms with Gasteiger partial charge in [0.25, 0.3) is 5.91 Å². The maximum absolute atomic E-state index is 13.3. The predicted octanol–water partition coefficient (Wildman–Crippen LogP) is 4.23. The maximum Gasteiger partial charge on any atom is 0.265 e. The number of piperidine rings is 1. The number of anilines is 1. The van der Waals surface area contributed by atoms with Gasteiger partial charge in [0.1, 0.15) is 5.75 Å². The minimum Gasteiger partial charge on any atom is -0.477 e. The first kappa shape index (κ1) is 22.5. The van der Waals surface area contributed by atoms with Gasteiger partial charge in [-0.05, 0) is 48.4 Å². The van der Waals surface area contributed by atoms with Crippen molar-refractivity contribution in [2.24, 2.45) is 0 Å². The Labute approximate surface area is 204 Å². The lowest BCUT2D eigenvalue weighted by Crippen LogP contribution is -2.53. The number of thiophene rings is 1. The van der Waals surface area contributed by atoms with Gasteiger partial charge >= 0.3 is 0 Å². The lowest BCUT2D eigenvalue weighted by Gasteiger charge is -2.38. The van der Waals surface area contributed by atoms with Gasteiger partial charge in [0.2, 0.25) is 5.91 Å². The van der Waals surface area contributed by atoms with E-state index in [0.29, 0.717) is 12.3 Å². The Morgan fingerprint density at radius 3 is 2.50 bits per heavy atom. The summed E-state index contributed by atoms with van der Waals surface area (Å²) in [6.07, 6.45) is 2.62. The first-order valence-corrected chi connectivity index (χ1v) is 12.7. The molecule has 2 unspecified atom stereocenters. The van der Waals surface area contributed by atoms with Crippen LogP contribution in [0.1, 0.15) is 35.7 Å². The SMILES string of the molecule is O=C(CN1CC(C(=O)N2CCCCC2)Oc2ccccc21)NC(c1ccccc1)c1cccs1. The van der Waals surface area contributed by atoms with Gasteiger partial charge in [-0.3, -0.25) is 9.59 Å². The quantitative estimate of drug-likeness (QED) is 0.580. The van der Waals surface area contributed by atoms with Gasteiger partial charge in [0.15, 0.2) is 6.10 Å². The van der Waals surface area contributed by atoms with Crippen molar-refractivity contribution in [2.45, 2.75) is 31.4 Å². The zero-order valence-electron chi connectivity index (χ0n) is 19.1. The summed E-state index contributed by atoms with van der Waals surface area (Å²) in [4.78, 5) is 31.4. The van der Waals surface area contributed by atoms with Crippen molar-refractivity contribution >= 4 is 28.8 Å². The number of likely N-dealkylation sites (tertiary alicyclic amines) is 1. The number of hydrogen-bond donors (Lipinski definition) is 1. The molecule has 7 heteroatoms. The van der Waals surface area contributed by atoms with Crippen LogP contribution < -0.4 is 15.0 Å². The molecule has 176 valence electrons. The van der Waals surface area contributed by atoms with E-state index in [1.807, 2.05) is 81.9 Å². The number of benzene rings is 2. The van der Waals surface area contributed by atoms with Gasteiger partial charge in [-0.2, -0.15) is 0 Å². The van der Waals surface area contributed by atoms with E-state index in [1.54, 1.807) is 11.3 Å². The zero-order chi connectivity index (χ0) is 23.3. The third kappa shape index (κ3) is 4.94. The number of amides is 2. The molecule has 34 heavy (non-hydrogen) atoms. The Balaban J connectivity index is 1.33. The standard InChI is InChI=1S/C27H29N3O3S/c31-25(28-26(24-14-9-17-34-24)20-10-3-1-4-11-20)19-30-18-23(27(32)29-15-7-2-8-16-29)33-22-13-6-5-12-21(22)30/h1,3-6,9-14,17,23,26H,2,7-8,15-16,18-19H2,(H,28,31). The van der Waals surface area contributed by atoms with E-state index in [9.17, 15) is 9.59 Å². The molecular formula is C27H29N3O3S. The second-order valence-electron chi connectivity index (χ2n) is 8.77. The van der Waals surface area contributed by atoms with Crippen molar-refractivity contribution in [3.8, 4) is 5.75 Å². The number of carbonyl (C=O) groups excluding carboxylic acids is 2. The molecule has 3 aromatic rings. The van der Waals surface area contributed by atoms with E-state index in [0.717, 1.165) is 48.5 Å². The summed E-state index contributed by atoms with van der Waals surface area (Å²) < 4.78 is 6.11. The fourth-order valence-corrected chi connectivity index (χ4v) is 5.51. The van der Waals surface area contributed by atoms with Crippen LogP contribution in [0, 0.1) is 0 Å². The lowest BCUT2D eigenvalue weighted by atomic mass is 10.1. The molecule has 6 nitrogen and oxygen atoms in total. The van der Waals surface area contributed by atoms with Crippen LogP contribution in [0.2, 0.25) is 0 Å². The van der Waals surface area contributed by atoms with E-state index in [2.05, 4.69) is 5.32 Å². The van der Waals surface area contributed by atoms with Crippen LogP contribution in [0.3, 0.4) is 0 Å².